The largest absolute Gasteiger partial charge is 0.441 e. The summed E-state index contributed by atoms with van der Waals surface area (Å²) in [6, 6.07) is 4.03. The van der Waals surface area contributed by atoms with Gasteiger partial charge in [0.2, 0.25) is 5.91 Å². The average molecular weight is 378 g/mol. The third kappa shape index (κ3) is 4.31. The summed E-state index contributed by atoms with van der Waals surface area (Å²) in [7, 11) is 0. The Morgan fingerprint density at radius 2 is 2.04 bits per heavy atom. The first-order valence-corrected chi connectivity index (χ1v) is 10.3. The molecule has 1 aromatic rings. The average Bonchev–Trinajstić information content (AvgIpc) is 2.97. The van der Waals surface area contributed by atoms with Crippen LogP contribution in [-0.2, 0) is 9.53 Å². The Bertz CT molecular complexity index is 632. The van der Waals surface area contributed by atoms with Gasteiger partial charge in [0.15, 0.2) is 0 Å². The molecule has 0 N–H and O–H groups in total. The summed E-state index contributed by atoms with van der Waals surface area (Å²) in [5.41, 5.74) is -0.409. The van der Waals surface area contributed by atoms with Gasteiger partial charge >= 0.3 is 6.09 Å². The SMILES string of the molecule is CCCC(C)N1CC2(CCN(C(=O)CSc3ccncc3)CC2)OC1=O. The molecule has 142 valence electrons. The lowest BCUT2D eigenvalue weighted by molar-refractivity contribution is -0.131. The number of nitrogens with zero attached hydrogens (tertiary/aromatic N) is 3. The van der Waals surface area contributed by atoms with E-state index in [4.69, 9.17) is 4.74 Å². The van der Waals surface area contributed by atoms with Crippen LogP contribution in [0.15, 0.2) is 29.4 Å². The third-order valence-electron chi connectivity index (χ3n) is 5.27. The number of carbonyl (C=O) groups is 2. The van der Waals surface area contributed by atoms with Gasteiger partial charge in [-0.05, 0) is 25.5 Å². The summed E-state index contributed by atoms with van der Waals surface area (Å²) in [6.45, 7) is 6.17. The van der Waals surface area contributed by atoms with E-state index in [9.17, 15) is 9.59 Å². The molecule has 3 rings (SSSR count). The van der Waals surface area contributed by atoms with E-state index in [-0.39, 0.29) is 18.0 Å². The Labute approximate surface area is 159 Å². The number of ether oxygens (including phenoxy) is 1. The van der Waals surface area contributed by atoms with Gasteiger partial charge in [0.25, 0.3) is 0 Å². The normalized spacial score (nSPS) is 20.3. The van der Waals surface area contributed by atoms with E-state index >= 15 is 0 Å². The van der Waals surface area contributed by atoms with Crippen LogP contribution in [0.1, 0.15) is 39.5 Å². The first-order valence-electron chi connectivity index (χ1n) is 9.33. The van der Waals surface area contributed by atoms with Gasteiger partial charge in [-0.15, -0.1) is 11.8 Å². The molecule has 2 amide bonds. The maximum absolute atomic E-state index is 12.5. The van der Waals surface area contributed by atoms with Crippen molar-refractivity contribution in [1.29, 1.82) is 0 Å². The minimum Gasteiger partial charge on any atom is -0.441 e. The molecule has 2 aliphatic rings. The van der Waals surface area contributed by atoms with Crippen LogP contribution in [-0.4, -0.2) is 63.8 Å². The molecule has 3 heterocycles. The van der Waals surface area contributed by atoms with Crippen LogP contribution in [0.2, 0.25) is 0 Å². The lowest BCUT2D eigenvalue weighted by Crippen LogP contribution is -2.49. The van der Waals surface area contributed by atoms with Gasteiger partial charge < -0.3 is 14.5 Å². The number of thioether (sulfide) groups is 1. The molecule has 0 saturated carbocycles. The number of pyridine rings is 1. The van der Waals surface area contributed by atoms with Gasteiger partial charge in [-0.3, -0.25) is 9.78 Å². The van der Waals surface area contributed by atoms with Gasteiger partial charge in [0.05, 0.1) is 12.3 Å². The summed E-state index contributed by atoms with van der Waals surface area (Å²) >= 11 is 1.53. The van der Waals surface area contributed by atoms with E-state index in [0.717, 1.165) is 30.6 Å². The standard InChI is InChI=1S/C19H27N3O3S/c1-3-4-15(2)22-14-19(25-18(22)24)7-11-21(12-8-19)17(23)13-26-16-5-9-20-10-6-16/h5-6,9-10,15H,3-4,7-8,11-14H2,1-2H3. The molecule has 0 radical (unpaired) electrons. The highest BCUT2D eigenvalue weighted by Gasteiger charge is 2.48. The van der Waals surface area contributed by atoms with Gasteiger partial charge in [-0.2, -0.15) is 0 Å². The van der Waals surface area contributed by atoms with E-state index < -0.39 is 5.60 Å². The Balaban J connectivity index is 1.49. The van der Waals surface area contributed by atoms with Crippen molar-refractivity contribution in [2.24, 2.45) is 0 Å². The van der Waals surface area contributed by atoms with Crippen molar-refractivity contribution in [3.8, 4) is 0 Å². The number of rotatable bonds is 6. The summed E-state index contributed by atoms with van der Waals surface area (Å²) in [6.07, 6.45) is 6.75. The molecule has 6 nitrogen and oxygen atoms in total. The Kier molecular flexibility index (Phi) is 6.06. The summed E-state index contributed by atoms with van der Waals surface area (Å²) < 4.78 is 5.76. The number of carbonyl (C=O) groups excluding carboxylic acids is 2. The molecule has 2 aliphatic heterocycles. The smallest absolute Gasteiger partial charge is 0.410 e. The highest BCUT2D eigenvalue weighted by Crippen LogP contribution is 2.35. The predicted molar refractivity (Wildman–Crippen MR) is 101 cm³/mol. The quantitative estimate of drug-likeness (QED) is 0.713. The van der Waals surface area contributed by atoms with Gasteiger partial charge in [-0.1, -0.05) is 13.3 Å². The van der Waals surface area contributed by atoms with Gasteiger partial charge in [0.1, 0.15) is 5.60 Å². The molecule has 0 aromatic carbocycles. The van der Waals surface area contributed by atoms with Crippen LogP contribution >= 0.6 is 11.8 Å². The van der Waals surface area contributed by atoms with Gasteiger partial charge in [-0.25, -0.2) is 4.79 Å². The second-order valence-corrected chi connectivity index (χ2v) is 8.22. The van der Waals surface area contributed by atoms with Crippen molar-refractivity contribution >= 4 is 23.8 Å². The Morgan fingerprint density at radius 3 is 2.69 bits per heavy atom. The van der Waals surface area contributed by atoms with Crippen LogP contribution in [0.5, 0.6) is 0 Å². The zero-order valence-electron chi connectivity index (χ0n) is 15.5. The number of piperidine rings is 1. The first-order chi connectivity index (χ1) is 12.5. The molecular formula is C19H27N3O3S. The van der Waals surface area contributed by atoms with Crippen molar-refractivity contribution in [2.45, 2.75) is 56.1 Å². The molecule has 0 aliphatic carbocycles. The van der Waals surface area contributed by atoms with Gasteiger partial charge in [0, 0.05) is 49.3 Å². The molecule has 1 atom stereocenters. The second kappa shape index (κ2) is 8.29. The number of hydrogen-bond donors (Lipinski definition) is 0. The van der Waals surface area contributed by atoms with Crippen molar-refractivity contribution in [1.82, 2.24) is 14.8 Å². The Hall–Kier alpha value is -1.76. The topological polar surface area (TPSA) is 62.7 Å². The van der Waals surface area contributed by atoms with Crippen molar-refractivity contribution in [3.05, 3.63) is 24.5 Å². The number of likely N-dealkylation sites (tertiary alicyclic amines) is 1. The monoisotopic (exact) mass is 377 g/mol. The van der Waals surface area contributed by atoms with Crippen LogP contribution in [0, 0.1) is 0 Å². The minimum atomic E-state index is -0.409. The molecule has 2 saturated heterocycles. The van der Waals surface area contributed by atoms with E-state index in [1.165, 1.54) is 11.8 Å². The summed E-state index contributed by atoms with van der Waals surface area (Å²) in [4.78, 5) is 33.5. The lowest BCUT2D eigenvalue weighted by Gasteiger charge is -2.37. The van der Waals surface area contributed by atoms with Crippen LogP contribution in [0.3, 0.4) is 0 Å². The van der Waals surface area contributed by atoms with Crippen molar-refractivity contribution in [2.75, 3.05) is 25.4 Å². The maximum Gasteiger partial charge on any atom is 0.410 e. The highest BCUT2D eigenvalue weighted by molar-refractivity contribution is 8.00. The fourth-order valence-electron chi connectivity index (χ4n) is 3.66. The van der Waals surface area contributed by atoms with E-state index in [1.807, 2.05) is 21.9 Å². The summed E-state index contributed by atoms with van der Waals surface area (Å²) in [5, 5.41) is 0. The summed E-state index contributed by atoms with van der Waals surface area (Å²) in [5.74, 6) is 0.568. The molecule has 1 unspecified atom stereocenters. The first kappa shape index (κ1) is 19.0. The zero-order valence-corrected chi connectivity index (χ0v) is 16.3. The number of amides is 2. The Morgan fingerprint density at radius 1 is 1.35 bits per heavy atom. The molecule has 7 heteroatoms. The van der Waals surface area contributed by atoms with E-state index in [1.54, 1.807) is 12.4 Å². The van der Waals surface area contributed by atoms with E-state index in [2.05, 4.69) is 18.8 Å². The maximum atomic E-state index is 12.5. The molecule has 0 bridgehead atoms. The van der Waals surface area contributed by atoms with Crippen molar-refractivity contribution < 1.29 is 14.3 Å². The fraction of sp³-hybridized carbons (Fsp3) is 0.632. The zero-order chi connectivity index (χ0) is 18.6. The van der Waals surface area contributed by atoms with Crippen molar-refractivity contribution in [3.63, 3.8) is 0 Å². The number of aromatic nitrogens is 1. The van der Waals surface area contributed by atoms with Crippen LogP contribution < -0.4 is 0 Å². The third-order valence-corrected chi connectivity index (χ3v) is 6.27. The fourth-order valence-corrected chi connectivity index (χ4v) is 4.44. The van der Waals surface area contributed by atoms with Crippen LogP contribution in [0.25, 0.3) is 0 Å². The minimum absolute atomic E-state index is 0.141. The molecule has 26 heavy (non-hydrogen) atoms. The number of hydrogen-bond acceptors (Lipinski definition) is 5. The molecule has 1 aromatic heterocycles. The van der Waals surface area contributed by atoms with Crippen LogP contribution in [0.4, 0.5) is 4.79 Å². The molecule has 2 fully saturated rings. The second-order valence-electron chi connectivity index (χ2n) is 7.17. The molecule has 1 spiro atoms. The van der Waals surface area contributed by atoms with E-state index in [0.29, 0.717) is 25.4 Å². The highest BCUT2D eigenvalue weighted by atomic mass is 32.2. The molecular weight excluding hydrogens is 350 g/mol. The predicted octanol–water partition coefficient (Wildman–Crippen LogP) is 3.18. The lowest BCUT2D eigenvalue weighted by atomic mass is 9.91.